The Morgan fingerprint density at radius 3 is 2.44 bits per heavy atom. The quantitative estimate of drug-likeness (QED) is 0.667. The zero-order valence-corrected chi connectivity index (χ0v) is 11.0. The number of unbranched alkanes of at least 4 members (excludes halogenated alkanes) is 1. The summed E-state index contributed by atoms with van der Waals surface area (Å²) in [6.45, 7) is 4.55. The minimum Gasteiger partial charge on any atom is -0.393 e. The molecule has 0 radical (unpaired) electrons. The molecule has 0 bridgehead atoms. The van der Waals surface area contributed by atoms with E-state index in [1.165, 1.54) is 38.5 Å². The molecule has 1 atom stereocenters. The molecule has 0 aromatic carbocycles. The molecule has 1 N–H and O–H groups in total. The highest BCUT2D eigenvalue weighted by Crippen LogP contribution is 2.26. The predicted molar refractivity (Wildman–Crippen MR) is 70.4 cm³/mol. The van der Waals surface area contributed by atoms with E-state index in [1.807, 2.05) is 0 Å². The predicted octanol–water partition coefficient (Wildman–Crippen LogP) is 4.31. The van der Waals surface area contributed by atoms with Crippen molar-refractivity contribution in [2.75, 3.05) is 0 Å². The van der Waals surface area contributed by atoms with Gasteiger partial charge in [-0.3, -0.25) is 0 Å². The van der Waals surface area contributed by atoms with Gasteiger partial charge in [-0.25, -0.2) is 0 Å². The lowest BCUT2D eigenvalue weighted by molar-refractivity contribution is 0.118. The van der Waals surface area contributed by atoms with Crippen LogP contribution < -0.4 is 0 Å². The second-order valence-electron chi connectivity index (χ2n) is 5.26. The summed E-state index contributed by atoms with van der Waals surface area (Å²) in [5.41, 5.74) is 0. The third kappa shape index (κ3) is 5.16. The topological polar surface area (TPSA) is 20.2 Å². The highest BCUT2D eigenvalue weighted by atomic mass is 16.3. The zero-order chi connectivity index (χ0) is 11.8. The summed E-state index contributed by atoms with van der Waals surface area (Å²) >= 11 is 0. The summed E-state index contributed by atoms with van der Waals surface area (Å²) in [6.07, 6.45) is 14.5. The maximum absolute atomic E-state index is 9.44. The van der Waals surface area contributed by atoms with Gasteiger partial charge in [0, 0.05) is 0 Å². The van der Waals surface area contributed by atoms with Crippen LogP contribution in [0.4, 0.5) is 0 Å². The van der Waals surface area contributed by atoms with Crippen molar-refractivity contribution in [3.8, 4) is 0 Å². The van der Waals surface area contributed by atoms with Crippen molar-refractivity contribution in [2.24, 2.45) is 11.8 Å². The normalized spacial score (nSPS) is 28.4. The van der Waals surface area contributed by atoms with Crippen molar-refractivity contribution < 1.29 is 5.11 Å². The van der Waals surface area contributed by atoms with Crippen molar-refractivity contribution in [1.29, 1.82) is 0 Å². The summed E-state index contributed by atoms with van der Waals surface area (Å²) in [4.78, 5) is 0. The Bertz CT molecular complexity index is 183. The number of allylic oxidation sites excluding steroid dienone is 2. The first kappa shape index (κ1) is 13.8. The van der Waals surface area contributed by atoms with Crippen LogP contribution in [0.25, 0.3) is 0 Å². The van der Waals surface area contributed by atoms with Gasteiger partial charge in [0.25, 0.3) is 0 Å². The standard InChI is InChI=1S/C15H28O/c1-3-5-6-13(4-2)7-8-14-9-11-15(16)12-10-14/h7-8,13-16H,3-6,9-12H2,1-2H3/b8-7+. The van der Waals surface area contributed by atoms with E-state index in [0.717, 1.165) is 24.7 Å². The van der Waals surface area contributed by atoms with Gasteiger partial charge in [-0.15, -0.1) is 0 Å². The second-order valence-corrected chi connectivity index (χ2v) is 5.26. The van der Waals surface area contributed by atoms with E-state index in [-0.39, 0.29) is 6.10 Å². The van der Waals surface area contributed by atoms with Crippen LogP contribution in [0, 0.1) is 11.8 Å². The summed E-state index contributed by atoms with van der Waals surface area (Å²) in [6, 6.07) is 0. The van der Waals surface area contributed by atoms with Gasteiger partial charge in [0.15, 0.2) is 0 Å². The van der Waals surface area contributed by atoms with Gasteiger partial charge < -0.3 is 5.11 Å². The lowest BCUT2D eigenvalue weighted by Crippen LogP contribution is -2.16. The molecule has 1 aliphatic rings. The van der Waals surface area contributed by atoms with E-state index >= 15 is 0 Å². The van der Waals surface area contributed by atoms with E-state index < -0.39 is 0 Å². The van der Waals surface area contributed by atoms with Crippen LogP contribution in [0.3, 0.4) is 0 Å². The van der Waals surface area contributed by atoms with Crippen LogP contribution in [-0.4, -0.2) is 11.2 Å². The molecule has 0 aromatic rings. The highest BCUT2D eigenvalue weighted by Gasteiger charge is 2.17. The van der Waals surface area contributed by atoms with Gasteiger partial charge >= 0.3 is 0 Å². The molecule has 1 fully saturated rings. The molecule has 0 saturated heterocycles. The molecule has 16 heavy (non-hydrogen) atoms. The first-order valence-electron chi connectivity index (χ1n) is 7.12. The molecule has 0 amide bonds. The number of hydrogen-bond acceptors (Lipinski definition) is 1. The minimum absolute atomic E-state index is 0.0216. The maximum Gasteiger partial charge on any atom is 0.0540 e. The monoisotopic (exact) mass is 224 g/mol. The average Bonchev–Trinajstić information content (AvgIpc) is 2.32. The SMILES string of the molecule is CCCCC(/C=C/C1CCC(O)CC1)CC. The summed E-state index contributed by atoms with van der Waals surface area (Å²) in [5.74, 6) is 1.52. The van der Waals surface area contributed by atoms with Gasteiger partial charge in [0.2, 0.25) is 0 Å². The van der Waals surface area contributed by atoms with Crippen molar-refractivity contribution in [3.05, 3.63) is 12.2 Å². The van der Waals surface area contributed by atoms with Crippen molar-refractivity contribution in [2.45, 2.75) is 71.3 Å². The minimum atomic E-state index is -0.0216. The molecule has 0 aromatic heterocycles. The first-order valence-corrected chi connectivity index (χ1v) is 7.12. The largest absolute Gasteiger partial charge is 0.393 e. The average molecular weight is 224 g/mol. The summed E-state index contributed by atoms with van der Waals surface area (Å²) < 4.78 is 0. The Labute approximate surface area is 101 Å². The highest BCUT2D eigenvalue weighted by molar-refractivity contribution is 4.94. The fourth-order valence-electron chi connectivity index (χ4n) is 2.51. The van der Waals surface area contributed by atoms with E-state index in [2.05, 4.69) is 26.0 Å². The molecule has 0 aliphatic heterocycles. The van der Waals surface area contributed by atoms with Crippen LogP contribution in [0.2, 0.25) is 0 Å². The first-order chi connectivity index (χ1) is 7.76. The second kappa shape index (κ2) is 7.89. The number of aliphatic hydroxyl groups excluding tert-OH is 1. The number of aliphatic hydroxyl groups is 1. The Morgan fingerprint density at radius 2 is 1.88 bits per heavy atom. The van der Waals surface area contributed by atoms with E-state index in [0.29, 0.717) is 0 Å². The summed E-state index contributed by atoms with van der Waals surface area (Å²) in [5, 5.41) is 9.44. The lowest BCUT2D eigenvalue weighted by atomic mass is 9.86. The lowest BCUT2D eigenvalue weighted by Gasteiger charge is -2.23. The Hall–Kier alpha value is -0.300. The van der Waals surface area contributed by atoms with Crippen molar-refractivity contribution in [1.82, 2.24) is 0 Å². The van der Waals surface area contributed by atoms with Crippen LogP contribution >= 0.6 is 0 Å². The molecular formula is C15H28O. The van der Waals surface area contributed by atoms with Gasteiger partial charge in [0.05, 0.1) is 6.10 Å². The molecule has 1 aliphatic carbocycles. The zero-order valence-electron chi connectivity index (χ0n) is 11.0. The molecule has 1 nitrogen and oxygen atoms in total. The molecule has 1 heteroatoms. The number of hydrogen-bond donors (Lipinski definition) is 1. The van der Waals surface area contributed by atoms with Crippen molar-refractivity contribution in [3.63, 3.8) is 0 Å². The third-order valence-electron chi connectivity index (χ3n) is 3.85. The number of rotatable bonds is 6. The Morgan fingerprint density at radius 1 is 1.19 bits per heavy atom. The molecule has 94 valence electrons. The molecule has 0 heterocycles. The summed E-state index contributed by atoms with van der Waals surface area (Å²) in [7, 11) is 0. The maximum atomic E-state index is 9.44. The van der Waals surface area contributed by atoms with E-state index in [4.69, 9.17) is 0 Å². The van der Waals surface area contributed by atoms with Crippen LogP contribution in [0.5, 0.6) is 0 Å². The van der Waals surface area contributed by atoms with Gasteiger partial charge in [-0.05, 0) is 50.4 Å². The fraction of sp³-hybridized carbons (Fsp3) is 0.867. The van der Waals surface area contributed by atoms with Gasteiger partial charge in [0.1, 0.15) is 0 Å². The molecular weight excluding hydrogens is 196 g/mol. The molecule has 1 saturated carbocycles. The van der Waals surface area contributed by atoms with Crippen molar-refractivity contribution >= 4 is 0 Å². The third-order valence-corrected chi connectivity index (χ3v) is 3.85. The van der Waals surface area contributed by atoms with Crippen LogP contribution in [0.15, 0.2) is 12.2 Å². The van der Waals surface area contributed by atoms with Crippen LogP contribution in [0.1, 0.15) is 65.2 Å². The molecule has 1 rings (SSSR count). The Kier molecular flexibility index (Phi) is 6.79. The van der Waals surface area contributed by atoms with Gasteiger partial charge in [-0.1, -0.05) is 38.8 Å². The molecule has 0 spiro atoms. The van der Waals surface area contributed by atoms with E-state index in [1.54, 1.807) is 0 Å². The smallest absolute Gasteiger partial charge is 0.0540 e. The van der Waals surface area contributed by atoms with E-state index in [9.17, 15) is 5.11 Å². The van der Waals surface area contributed by atoms with Crippen LogP contribution in [-0.2, 0) is 0 Å². The Balaban J connectivity index is 2.27. The molecule has 1 unspecified atom stereocenters. The van der Waals surface area contributed by atoms with Gasteiger partial charge in [-0.2, -0.15) is 0 Å². The fourth-order valence-corrected chi connectivity index (χ4v) is 2.51.